The van der Waals surface area contributed by atoms with Gasteiger partial charge in [0, 0.05) is 24.5 Å². The van der Waals surface area contributed by atoms with E-state index in [4.69, 9.17) is 11.6 Å². The van der Waals surface area contributed by atoms with Crippen molar-refractivity contribution in [1.82, 2.24) is 25.3 Å². The van der Waals surface area contributed by atoms with E-state index in [-0.39, 0.29) is 5.91 Å². The van der Waals surface area contributed by atoms with Crippen LogP contribution in [-0.2, 0) is 6.54 Å². The summed E-state index contributed by atoms with van der Waals surface area (Å²) in [5.74, 6) is -0.231. The fourth-order valence-corrected chi connectivity index (χ4v) is 2.99. The van der Waals surface area contributed by atoms with Crippen molar-refractivity contribution in [2.24, 2.45) is 0 Å². The van der Waals surface area contributed by atoms with Crippen LogP contribution in [0.1, 0.15) is 16.1 Å². The van der Waals surface area contributed by atoms with Crippen molar-refractivity contribution in [2.75, 3.05) is 0 Å². The fraction of sp³-hybridized carbons (Fsp3) is 0.0500. The van der Waals surface area contributed by atoms with E-state index in [0.717, 1.165) is 16.8 Å². The van der Waals surface area contributed by atoms with E-state index in [2.05, 4.69) is 20.6 Å². The number of rotatable bonds is 5. The Hall–Kier alpha value is -3.38. The summed E-state index contributed by atoms with van der Waals surface area (Å²) in [5.41, 5.74) is 3.71. The Morgan fingerprint density at radius 1 is 1.11 bits per heavy atom. The molecular weight excluding hydrogens is 362 g/mol. The van der Waals surface area contributed by atoms with Crippen LogP contribution in [0.2, 0.25) is 5.02 Å². The second kappa shape index (κ2) is 7.47. The largest absolute Gasteiger partial charge is 0.347 e. The van der Waals surface area contributed by atoms with E-state index >= 15 is 0 Å². The van der Waals surface area contributed by atoms with Crippen LogP contribution in [0.5, 0.6) is 0 Å². The lowest BCUT2D eigenvalue weighted by Crippen LogP contribution is -2.23. The van der Waals surface area contributed by atoms with Crippen molar-refractivity contribution in [3.05, 3.63) is 89.3 Å². The van der Waals surface area contributed by atoms with Gasteiger partial charge in [0.25, 0.3) is 5.91 Å². The average molecular weight is 378 g/mol. The number of halogens is 1. The van der Waals surface area contributed by atoms with Crippen LogP contribution in [0.4, 0.5) is 0 Å². The van der Waals surface area contributed by atoms with Crippen molar-refractivity contribution in [1.29, 1.82) is 0 Å². The molecular formula is C20H16ClN5O. The third kappa shape index (κ3) is 3.75. The summed E-state index contributed by atoms with van der Waals surface area (Å²) in [7, 11) is 0. The summed E-state index contributed by atoms with van der Waals surface area (Å²) in [6.07, 6.45) is 3.60. The lowest BCUT2D eigenvalue weighted by molar-refractivity contribution is 0.0946. The topological polar surface area (TPSA) is 75.6 Å². The van der Waals surface area contributed by atoms with E-state index in [1.807, 2.05) is 54.7 Å². The minimum atomic E-state index is -0.231. The molecule has 134 valence electrons. The maximum Gasteiger partial charge on any atom is 0.269 e. The standard InChI is InChI=1S/C20H16ClN5O/c21-17-8-2-1-7-16(17)18-12-19(25-24-18)20(27)22-13-14-5-3-6-15(11-14)26-10-4-9-23-26/h1-12H,13H2,(H,22,27)(H,24,25). The Kier molecular flexibility index (Phi) is 4.72. The molecule has 1 amide bonds. The molecule has 0 fully saturated rings. The summed E-state index contributed by atoms with van der Waals surface area (Å²) in [6.45, 7) is 0.397. The zero-order valence-corrected chi connectivity index (χ0v) is 15.0. The number of nitrogens with zero attached hydrogens (tertiary/aromatic N) is 3. The van der Waals surface area contributed by atoms with Gasteiger partial charge in [-0.2, -0.15) is 10.2 Å². The molecule has 7 heteroatoms. The Morgan fingerprint density at radius 2 is 2.00 bits per heavy atom. The number of carbonyl (C=O) groups is 1. The number of benzene rings is 2. The van der Waals surface area contributed by atoms with Crippen LogP contribution >= 0.6 is 11.6 Å². The number of hydrogen-bond acceptors (Lipinski definition) is 3. The van der Waals surface area contributed by atoms with Gasteiger partial charge in [-0.3, -0.25) is 9.89 Å². The molecule has 0 aliphatic carbocycles. The first-order valence-corrected chi connectivity index (χ1v) is 8.76. The van der Waals surface area contributed by atoms with Gasteiger partial charge in [0.2, 0.25) is 0 Å². The molecule has 2 N–H and O–H groups in total. The molecule has 0 aliphatic heterocycles. The van der Waals surface area contributed by atoms with Gasteiger partial charge in [-0.25, -0.2) is 4.68 Å². The highest BCUT2D eigenvalue weighted by atomic mass is 35.5. The number of amides is 1. The molecule has 2 aromatic carbocycles. The van der Waals surface area contributed by atoms with E-state index in [9.17, 15) is 4.79 Å². The van der Waals surface area contributed by atoms with Gasteiger partial charge in [-0.05, 0) is 35.9 Å². The summed E-state index contributed by atoms with van der Waals surface area (Å²) in [6, 6.07) is 18.8. The van der Waals surface area contributed by atoms with E-state index < -0.39 is 0 Å². The van der Waals surface area contributed by atoms with E-state index in [0.29, 0.717) is 23.0 Å². The zero-order valence-electron chi connectivity index (χ0n) is 14.3. The molecule has 0 spiro atoms. The first-order chi connectivity index (χ1) is 13.2. The number of H-pyrrole nitrogens is 1. The Balaban J connectivity index is 1.45. The van der Waals surface area contributed by atoms with Crippen LogP contribution < -0.4 is 5.32 Å². The molecule has 27 heavy (non-hydrogen) atoms. The quantitative estimate of drug-likeness (QED) is 0.554. The Bertz CT molecular complexity index is 1070. The van der Waals surface area contributed by atoms with Crippen LogP contribution in [0.25, 0.3) is 16.9 Å². The van der Waals surface area contributed by atoms with Crippen molar-refractivity contribution in [2.45, 2.75) is 6.54 Å². The second-order valence-electron chi connectivity index (χ2n) is 5.95. The van der Waals surface area contributed by atoms with E-state index in [1.165, 1.54) is 0 Å². The number of nitrogens with one attached hydrogen (secondary N) is 2. The van der Waals surface area contributed by atoms with Crippen molar-refractivity contribution >= 4 is 17.5 Å². The number of aromatic amines is 1. The molecule has 6 nitrogen and oxygen atoms in total. The van der Waals surface area contributed by atoms with Crippen LogP contribution in [-0.4, -0.2) is 25.9 Å². The Morgan fingerprint density at radius 3 is 2.81 bits per heavy atom. The fourth-order valence-electron chi connectivity index (χ4n) is 2.75. The third-order valence-corrected chi connectivity index (χ3v) is 4.43. The molecule has 0 radical (unpaired) electrons. The van der Waals surface area contributed by atoms with Gasteiger partial charge in [-0.1, -0.05) is 41.9 Å². The molecule has 2 aromatic heterocycles. The predicted molar refractivity (Wildman–Crippen MR) is 104 cm³/mol. The van der Waals surface area contributed by atoms with Crippen molar-refractivity contribution < 1.29 is 4.79 Å². The van der Waals surface area contributed by atoms with Gasteiger partial charge < -0.3 is 5.32 Å². The third-order valence-electron chi connectivity index (χ3n) is 4.10. The monoisotopic (exact) mass is 377 g/mol. The van der Waals surface area contributed by atoms with Gasteiger partial charge in [0.15, 0.2) is 0 Å². The highest BCUT2D eigenvalue weighted by molar-refractivity contribution is 6.33. The summed E-state index contributed by atoms with van der Waals surface area (Å²) < 4.78 is 1.77. The molecule has 4 rings (SSSR count). The second-order valence-corrected chi connectivity index (χ2v) is 6.36. The molecule has 4 aromatic rings. The van der Waals surface area contributed by atoms with Crippen molar-refractivity contribution in [3.63, 3.8) is 0 Å². The SMILES string of the molecule is O=C(NCc1cccc(-n2cccn2)c1)c1cc(-c2ccccc2Cl)n[nH]1. The van der Waals surface area contributed by atoms with E-state index in [1.54, 1.807) is 23.0 Å². The molecule has 0 saturated heterocycles. The first-order valence-electron chi connectivity index (χ1n) is 8.38. The molecule has 0 aliphatic rings. The first kappa shape index (κ1) is 17.1. The molecule has 2 heterocycles. The summed E-state index contributed by atoms with van der Waals surface area (Å²) in [5, 5.41) is 14.7. The van der Waals surface area contributed by atoms with Gasteiger partial charge in [-0.15, -0.1) is 0 Å². The minimum Gasteiger partial charge on any atom is -0.347 e. The smallest absolute Gasteiger partial charge is 0.269 e. The number of carbonyl (C=O) groups excluding carboxylic acids is 1. The normalized spacial score (nSPS) is 10.7. The van der Waals surface area contributed by atoms with Crippen LogP contribution in [0.15, 0.2) is 73.1 Å². The number of aromatic nitrogens is 4. The minimum absolute atomic E-state index is 0.231. The molecule has 0 saturated carbocycles. The molecule has 0 bridgehead atoms. The zero-order chi connectivity index (χ0) is 18.6. The van der Waals surface area contributed by atoms with Crippen LogP contribution in [0, 0.1) is 0 Å². The predicted octanol–water partition coefficient (Wildman–Crippen LogP) is 3.85. The summed E-state index contributed by atoms with van der Waals surface area (Å²) >= 11 is 6.18. The lowest BCUT2D eigenvalue weighted by Gasteiger charge is -2.06. The highest BCUT2D eigenvalue weighted by Crippen LogP contribution is 2.26. The summed E-state index contributed by atoms with van der Waals surface area (Å²) in [4.78, 5) is 12.4. The van der Waals surface area contributed by atoms with Gasteiger partial charge in [0.1, 0.15) is 5.69 Å². The van der Waals surface area contributed by atoms with Gasteiger partial charge >= 0.3 is 0 Å². The van der Waals surface area contributed by atoms with Crippen molar-refractivity contribution in [3.8, 4) is 16.9 Å². The maximum atomic E-state index is 12.4. The van der Waals surface area contributed by atoms with Crippen LogP contribution in [0.3, 0.4) is 0 Å². The lowest BCUT2D eigenvalue weighted by atomic mass is 10.1. The maximum absolute atomic E-state index is 12.4. The van der Waals surface area contributed by atoms with Gasteiger partial charge in [0.05, 0.1) is 16.4 Å². The molecule has 0 unspecified atom stereocenters. The highest BCUT2D eigenvalue weighted by Gasteiger charge is 2.12. The molecule has 0 atom stereocenters. The average Bonchev–Trinajstić information content (AvgIpc) is 3.39. The number of hydrogen-bond donors (Lipinski definition) is 2. The Labute approximate surface area is 160 Å².